The van der Waals surface area contributed by atoms with Crippen molar-refractivity contribution in [3.05, 3.63) is 29.4 Å². The molecule has 2 saturated heterocycles. The fourth-order valence-corrected chi connectivity index (χ4v) is 3.66. The predicted octanol–water partition coefficient (Wildman–Crippen LogP) is 0.796. The lowest BCUT2D eigenvalue weighted by Gasteiger charge is -2.36. The van der Waals surface area contributed by atoms with E-state index in [-0.39, 0.29) is 5.91 Å². The minimum Gasteiger partial charge on any atom is -0.361 e. The number of carbonyl (C=O) groups excluding carboxylic acids is 1. The molecule has 0 atom stereocenters. The first-order valence-electron chi connectivity index (χ1n) is 9.76. The van der Waals surface area contributed by atoms with Crippen molar-refractivity contribution in [2.75, 3.05) is 69.2 Å². The van der Waals surface area contributed by atoms with E-state index in [1.807, 2.05) is 11.8 Å². The molecule has 4 rings (SSSR count). The van der Waals surface area contributed by atoms with Crippen LogP contribution in [-0.4, -0.2) is 90.2 Å². The number of rotatable bonds is 3. The standard InChI is InChI=1S/C19H27N7O2/c1-14-12-16(22-28-14)19(27)26-10-8-25(9-11-26)18-13-17(20-15(2)21-18)24-6-4-23(3)5-7-24/h12-13H,4-11H2,1-3H3. The second-order valence-corrected chi connectivity index (χ2v) is 7.52. The van der Waals surface area contributed by atoms with Gasteiger partial charge in [0.15, 0.2) is 5.69 Å². The highest BCUT2D eigenvalue weighted by atomic mass is 16.5. The molecule has 2 aromatic rings. The minimum absolute atomic E-state index is 0.0755. The molecule has 0 N–H and O–H groups in total. The maximum absolute atomic E-state index is 12.5. The molecule has 9 heteroatoms. The molecule has 0 saturated carbocycles. The van der Waals surface area contributed by atoms with Crippen LogP contribution in [0.2, 0.25) is 0 Å². The molecule has 0 spiro atoms. The van der Waals surface area contributed by atoms with Crippen molar-refractivity contribution in [3.8, 4) is 0 Å². The molecule has 4 heterocycles. The van der Waals surface area contributed by atoms with Gasteiger partial charge in [-0.15, -0.1) is 0 Å². The van der Waals surface area contributed by atoms with Crippen LogP contribution in [0, 0.1) is 13.8 Å². The van der Waals surface area contributed by atoms with Gasteiger partial charge in [-0.1, -0.05) is 5.16 Å². The van der Waals surface area contributed by atoms with E-state index >= 15 is 0 Å². The van der Waals surface area contributed by atoms with Crippen LogP contribution in [-0.2, 0) is 0 Å². The van der Waals surface area contributed by atoms with Crippen LogP contribution in [0.15, 0.2) is 16.7 Å². The van der Waals surface area contributed by atoms with Crippen LogP contribution in [0.25, 0.3) is 0 Å². The predicted molar refractivity (Wildman–Crippen MR) is 106 cm³/mol. The largest absolute Gasteiger partial charge is 0.361 e. The molecule has 2 fully saturated rings. The first kappa shape index (κ1) is 18.7. The number of aromatic nitrogens is 3. The molecule has 0 bridgehead atoms. The molecule has 9 nitrogen and oxygen atoms in total. The van der Waals surface area contributed by atoms with Crippen LogP contribution < -0.4 is 9.80 Å². The summed E-state index contributed by atoms with van der Waals surface area (Å²) < 4.78 is 5.02. The van der Waals surface area contributed by atoms with E-state index < -0.39 is 0 Å². The fourth-order valence-electron chi connectivity index (χ4n) is 3.66. The van der Waals surface area contributed by atoms with Crippen molar-refractivity contribution in [1.29, 1.82) is 0 Å². The number of carbonyl (C=O) groups is 1. The van der Waals surface area contributed by atoms with E-state index in [2.05, 4.69) is 42.9 Å². The molecule has 0 unspecified atom stereocenters. The molecule has 0 aliphatic carbocycles. The van der Waals surface area contributed by atoms with Crippen molar-refractivity contribution in [3.63, 3.8) is 0 Å². The molecule has 1 amide bonds. The summed E-state index contributed by atoms with van der Waals surface area (Å²) in [5, 5.41) is 3.84. The number of hydrogen-bond acceptors (Lipinski definition) is 8. The third-order valence-electron chi connectivity index (χ3n) is 5.38. The highest BCUT2D eigenvalue weighted by molar-refractivity contribution is 5.92. The maximum atomic E-state index is 12.5. The van der Waals surface area contributed by atoms with E-state index in [0.717, 1.165) is 56.7 Å². The van der Waals surface area contributed by atoms with Gasteiger partial charge in [0.25, 0.3) is 5.91 Å². The van der Waals surface area contributed by atoms with Crippen LogP contribution in [0.5, 0.6) is 0 Å². The number of likely N-dealkylation sites (N-methyl/N-ethyl adjacent to an activating group) is 1. The van der Waals surface area contributed by atoms with Crippen molar-refractivity contribution < 1.29 is 9.32 Å². The van der Waals surface area contributed by atoms with Crippen molar-refractivity contribution in [1.82, 2.24) is 24.9 Å². The Balaban J connectivity index is 1.42. The lowest BCUT2D eigenvalue weighted by molar-refractivity contribution is 0.0736. The highest BCUT2D eigenvalue weighted by Gasteiger charge is 2.26. The first-order valence-corrected chi connectivity index (χ1v) is 9.76. The molecule has 2 aliphatic heterocycles. The Morgan fingerprint density at radius 1 is 0.893 bits per heavy atom. The molecular weight excluding hydrogens is 358 g/mol. The Kier molecular flexibility index (Phi) is 5.17. The van der Waals surface area contributed by atoms with Gasteiger partial charge in [-0.25, -0.2) is 9.97 Å². The normalized spacial score (nSPS) is 18.6. The summed E-state index contributed by atoms with van der Waals surface area (Å²) in [6.07, 6.45) is 0. The van der Waals surface area contributed by atoms with E-state index in [9.17, 15) is 4.79 Å². The van der Waals surface area contributed by atoms with Gasteiger partial charge in [0.2, 0.25) is 0 Å². The van der Waals surface area contributed by atoms with Gasteiger partial charge < -0.3 is 24.1 Å². The zero-order chi connectivity index (χ0) is 19.7. The smallest absolute Gasteiger partial charge is 0.276 e. The molecule has 2 aromatic heterocycles. The number of aryl methyl sites for hydroxylation is 2. The summed E-state index contributed by atoms with van der Waals surface area (Å²) in [6.45, 7) is 10.5. The number of nitrogens with zero attached hydrogens (tertiary/aromatic N) is 7. The fraction of sp³-hybridized carbons (Fsp3) is 0.579. The zero-order valence-electron chi connectivity index (χ0n) is 16.8. The summed E-state index contributed by atoms with van der Waals surface area (Å²) >= 11 is 0. The van der Waals surface area contributed by atoms with Gasteiger partial charge in [-0.3, -0.25) is 4.79 Å². The van der Waals surface area contributed by atoms with E-state index in [4.69, 9.17) is 4.52 Å². The Morgan fingerprint density at radius 2 is 1.46 bits per heavy atom. The van der Waals surface area contributed by atoms with Gasteiger partial charge in [-0.2, -0.15) is 0 Å². The summed E-state index contributed by atoms with van der Waals surface area (Å²) in [4.78, 5) is 30.5. The van der Waals surface area contributed by atoms with Crippen LogP contribution in [0.3, 0.4) is 0 Å². The molecule has 150 valence electrons. The Morgan fingerprint density at radius 3 is 2.00 bits per heavy atom. The topological polar surface area (TPSA) is 81.8 Å². The Bertz CT molecular complexity index is 837. The maximum Gasteiger partial charge on any atom is 0.276 e. The third-order valence-corrected chi connectivity index (χ3v) is 5.38. The summed E-state index contributed by atoms with van der Waals surface area (Å²) in [6, 6.07) is 3.77. The zero-order valence-corrected chi connectivity index (χ0v) is 16.8. The van der Waals surface area contributed by atoms with E-state index in [0.29, 0.717) is 24.5 Å². The summed E-state index contributed by atoms with van der Waals surface area (Å²) in [5.41, 5.74) is 0.376. The van der Waals surface area contributed by atoms with Gasteiger partial charge in [0.1, 0.15) is 23.2 Å². The average Bonchev–Trinajstić information content (AvgIpc) is 3.14. The molecular formula is C19H27N7O2. The summed E-state index contributed by atoms with van der Waals surface area (Å²) in [5.74, 6) is 3.28. The average molecular weight is 385 g/mol. The van der Waals surface area contributed by atoms with E-state index in [1.165, 1.54) is 0 Å². The molecule has 28 heavy (non-hydrogen) atoms. The third kappa shape index (κ3) is 3.94. The van der Waals surface area contributed by atoms with Gasteiger partial charge in [0.05, 0.1) is 0 Å². The number of amides is 1. The monoisotopic (exact) mass is 385 g/mol. The molecule has 0 radical (unpaired) electrons. The number of piperazine rings is 2. The highest BCUT2D eigenvalue weighted by Crippen LogP contribution is 2.22. The Hall–Kier alpha value is -2.68. The van der Waals surface area contributed by atoms with Crippen molar-refractivity contribution >= 4 is 17.5 Å². The van der Waals surface area contributed by atoms with Gasteiger partial charge >= 0.3 is 0 Å². The van der Waals surface area contributed by atoms with E-state index in [1.54, 1.807) is 13.0 Å². The lowest BCUT2D eigenvalue weighted by atomic mass is 10.2. The number of hydrogen-bond donors (Lipinski definition) is 0. The van der Waals surface area contributed by atoms with Crippen molar-refractivity contribution in [2.24, 2.45) is 0 Å². The SMILES string of the molecule is Cc1nc(N2CCN(C)CC2)cc(N2CCN(C(=O)c3cc(C)on3)CC2)n1. The molecule has 2 aliphatic rings. The van der Waals surface area contributed by atoms with Crippen LogP contribution in [0.1, 0.15) is 22.1 Å². The second kappa shape index (κ2) is 7.75. The van der Waals surface area contributed by atoms with Crippen LogP contribution in [0.4, 0.5) is 11.6 Å². The van der Waals surface area contributed by atoms with Crippen molar-refractivity contribution in [2.45, 2.75) is 13.8 Å². The summed E-state index contributed by atoms with van der Waals surface area (Å²) in [7, 11) is 2.15. The Labute approximate surface area is 164 Å². The second-order valence-electron chi connectivity index (χ2n) is 7.52. The number of anilines is 2. The lowest BCUT2D eigenvalue weighted by Crippen LogP contribution is -2.49. The minimum atomic E-state index is -0.0755. The van der Waals surface area contributed by atoms with Gasteiger partial charge in [0, 0.05) is 64.5 Å². The first-order chi connectivity index (χ1) is 13.5. The van der Waals surface area contributed by atoms with Gasteiger partial charge in [-0.05, 0) is 20.9 Å². The van der Waals surface area contributed by atoms with Crippen LogP contribution >= 0.6 is 0 Å². The molecule has 0 aromatic carbocycles. The quantitative estimate of drug-likeness (QED) is 0.767.